The fraction of sp³-hybridized carbons (Fsp3) is 0.125. The van der Waals surface area contributed by atoms with E-state index in [-0.39, 0.29) is 10.7 Å². The molecule has 1 rings (SSSR count). The molecule has 0 saturated carbocycles. The van der Waals surface area contributed by atoms with Crippen molar-refractivity contribution in [3.05, 3.63) is 28.8 Å². The van der Waals surface area contributed by atoms with Crippen molar-refractivity contribution in [3.8, 4) is 0 Å². The highest BCUT2D eigenvalue weighted by Crippen LogP contribution is 2.33. The van der Waals surface area contributed by atoms with E-state index in [0.717, 1.165) is 18.2 Å². The lowest BCUT2D eigenvalue weighted by Crippen LogP contribution is -2.07. The molecule has 1 aromatic rings. The van der Waals surface area contributed by atoms with Gasteiger partial charge in [0.15, 0.2) is 0 Å². The Balaban J connectivity index is 3.11. The summed E-state index contributed by atoms with van der Waals surface area (Å²) in [7, 11) is 0. The topological polar surface area (TPSA) is 29.1 Å². The van der Waals surface area contributed by atoms with Crippen LogP contribution in [0.3, 0.4) is 0 Å². The maximum absolute atomic E-state index is 12.3. The zero-order valence-electron chi connectivity index (χ0n) is 7.10. The van der Waals surface area contributed by atoms with Gasteiger partial charge in [0, 0.05) is 0 Å². The molecule has 1 aromatic carbocycles. The first-order chi connectivity index (χ1) is 6.80. The SMILES string of the molecule is O=C(S)Nc1cc(C(F)(F)F)ccc1Cl. The zero-order chi connectivity index (χ0) is 11.6. The molecule has 0 radical (unpaired) electrons. The molecule has 1 N–H and O–H groups in total. The van der Waals surface area contributed by atoms with Crippen LogP contribution in [0.4, 0.5) is 23.7 Å². The van der Waals surface area contributed by atoms with Crippen LogP contribution in [0.25, 0.3) is 0 Å². The van der Waals surface area contributed by atoms with Crippen molar-refractivity contribution in [2.24, 2.45) is 0 Å². The minimum absolute atomic E-state index is 0.0189. The number of thiol groups is 1. The van der Waals surface area contributed by atoms with Crippen LogP contribution in [-0.4, -0.2) is 5.24 Å². The Morgan fingerprint density at radius 2 is 2.00 bits per heavy atom. The van der Waals surface area contributed by atoms with Gasteiger partial charge in [-0.1, -0.05) is 24.2 Å². The maximum Gasteiger partial charge on any atom is 0.416 e. The largest absolute Gasteiger partial charge is 0.416 e. The van der Waals surface area contributed by atoms with Gasteiger partial charge in [-0.3, -0.25) is 4.79 Å². The second kappa shape index (κ2) is 4.32. The highest BCUT2D eigenvalue weighted by Gasteiger charge is 2.31. The Morgan fingerprint density at radius 1 is 1.40 bits per heavy atom. The van der Waals surface area contributed by atoms with Crippen LogP contribution in [0, 0.1) is 0 Å². The third kappa shape index (κ3) is 3.32. The summed E-state index contributed by atoms with van der Waals surface area (Å²) in [5.74, 6) is 0. The molecule has 0 spiro atoms. The summed E-state index contributed by atoms with van der Waals surface area (Å²) in [6, 6.07) is 2.64. The molecule has 7 heteroatoms. The van der Waals surface area contributed by atoms with E-state index in [9.17, 15) is 18.0 Å². The van der Waals surface area contributed by atoms with Gasteiger partial charge in [-0.25, -0.2) is 0 Å². The lowest BCUT2D eigenvalue weighted by atomic mass is 10.2. The second-order valence-corrected chi connectivity index (χ2v) is 3.44. The van der Waals surface area contributed by atoms with Crippen molar-refractivity contribution in [1.82, 2.24) is 0 Å². The molecule has 0 bridgehead atoms. The summed E-state index contributed by atoms with van der Waals surface area (Å²) in [6.45, 7) is 0. The second-order valence-electron chi connectivity index (χ2n) is 2.62. The van der Waals surface area contributed by atoms with Crippen LogP contribution in [0.1, 0.15) is 5.56 Å². The first kappa shape index (κ1) is 12.2. The van der Waals surface area contributed by atoms with E-state index in [1.165, 1.54) is 0 Å². The van der Waals surface area contributed by atoms with Crippen LogP contribution in [0.2, 0.25) is 5.02 Å². The Morgan fingerprint density at radius 3 is 2.47 bits per heavy atom. The number of anilines is 1. The van der Waals surface area contributed by atoms with Crippen molar-refractivity contribution in [2.45, 2.75) is 6.18 Å². The highest BCUT2D eigenvalue weighted by molar-refractivity contribution is 7.96. The van der Waals surface area contributed by atoms with Gasteiger partial charge in [0.1, 0.15) is 0 Å². The van der Waals surface area contributed by atoms with E-state index in [0.29, 0.717) is 0 Å². The van der Waals surface area contributed by atoms with Crippen molar-refractivity contribution in [3.63, 3.8) is 0 Å². The minimum atomic E-state index is -4.47. The van der Waals surface area contributed by atoms with E-state index in [2.05, 4.69) is 17.9 Å². The molecule has 1 amide bonds. The molecule has 82 valence electrons. The van der Waals surface area contributed by atoms with Gasteiger partial charge in [0.2, 0.25) is 0 Å². The predicted octanol–water partition coefficient (Wildman–Crippen LogP) is 3.82. The van der Waals surface area contributed by atoms with Gasteiger partial charge >= 0.3 is 6.18 Å². The Bertz CT molecular complexity index is 394. The van der Waals surface area contributed by atoms with E-state index in [1.807, 2.05) is 0 Å². The van der Waals surface area contributed by atoms with Gasteiger partial charge in [0.25, 0.3) is 5.24 Å². The van der Waals surface area contributed by atoms with Gasteiger partial charge in [0.05, 0.1) is 16.3 Å². The minimum Gasteiger partial charge on any atom is -0.316 e. The first-order valence-corrected chi connectivity index (χ1v) is 4.50. The summed E-state index contributed by atoms with van der Waals surface area (Å²) in [5, 5.41) is 1.32. The van der Waals surface area contributed by atoms with Crippen LogP contribution in [0.15, 0.2) is 18.2 Å². The van der Waals surface area contributed by atoms with Crippen molar-refractivity contribution < 1.29 is 18.0 Å². The molecular weight excluding hydrogens is 251 g/mol. The van der Waals surface area contributed by atoms with Crippen LogP contribution in [-0.2, 0) is 6.18 Å². The fourth-order valence-electron chi connectivity index (χ4n) is 0.913. The number of halogens is 4. The average Bonchev–Trinajstić information content (AvgIpc) is 2.06. The molecule has 0 fully saturated rings. The number of carbonyl (C=O) groups excluding carboxylic acids is 1. The Hall–Kier alpha value is -0.880. The molecule has 0 aliphatic carbocycles. The van der Waals surface area contributed by atoms with Crippen molar-refractivity contribution in [1.29, 1.82) is 0 Å². The first-order valence-electron chi connectivity index (χ1n) is 3.67. The normalized spacial score (nSPS) is 11.3. The molecule has 15 heavy (non-hydrogen) atoms. The van der Waals surface area contributed by atoms with Crippen LogP contribution in [0.5, 0.6) is 0 Å². The quantitative estimate of drug-likeness (QED) is 0.734. The number of nitrogens with one attached hydrogen (secondary N) is 1. The fourth-order valence-corrected chi connectivity index (χ4v) is 1.20. The summed E-state index contributed by atoms with van der Waals surface area (Å²) in [5.41, 5.74) is -1.00. The molecule has 2 nitrogen and oxygen atoms in total. The van der Waals surface area contributed by atoms with E-state index in [1.54, 1.807) is 0 Å². The molecule has 0 aromatic heterocycles. The predicted molar refractivity (Wildman–Crippen MR) is 54.5 cm³/mol. The average molecular weight is 256 g/mol. The highest BCUT2D eigenvalue weighted by atomic mass is 35.5. The molecule has 0 heterocycles. The lowest BCUT2D eigenvalue weighted by Gasteiger charge is -2.10. The third-order valence-electron chi connectivity index (χ3n) is 1.54. The number of benzene rings is 1. The number of alkyl halides is 3. The molecule has 0 aliphatic heterocycles. The third-order valence-corrected chi connectivity index (χ3v) is 1.98. The zero-order valence-corrected chi connectivity index (χ0v) is 8.75. The summed E-state index contributed by atoms with van der Waals surface area (Å²) in [4.78, 5) is 10.5. The molecule has 0 unspecified atom stereocenters. The summed E-state index contributed by atoms with van der Waals surface area (Å²) < 4.78 is 36.8. The van der Waals surface area contributed by atoms with Gasteiger partial charge in [-0.05, 0) is 18.2 Å². The van der Waals surface area contributed by atoms with E-state index in [4.69, 9.17) is 11.6 Å². The van der Waals surface area contributed by atoms with E-state index < -0.39 is 17.0 Å². The van der Waals surface area contributed by atoms with Gasteiger partial charge in [-0.15, -0.1) is 0 Å². The Labute approximate surface area is 93.8 Å². The van der Waals surface area contributed by atoms with Crippen LogP contribution < -0.4 is 5.32 Å². The molecule has 0 aliphatic rings. The number of amides is 1. The molecule has 0 saturated heterocycles. The number of carbonyl (C=O) groups is 1. The summed E-state index contributed by atoms with van der Waals surface area (Å²) >= 11 is 8.95. The number of rotatable bonds is 1. The summed E-state index contributed by atoms with van der Waals surface area (Å²) in [6.07, 6.45) is -4.47. The number of hydrogen-bond acceptors (Lipinski definition) is 1. The molecular formula is C8H5ClF3NOS. The maximum atomic E-state index is 12.3. The van der Waals surface area contributed by atoms with Gasteiger partial charge in [-0.2, -0.15) is 13.2 Å². The standard InChI is InChI=1S/C8H5ClF3NOS/c9-5-2-1-4(8(10,11)12)3-6(5)13-7(14)15/h1-3H,(H2,13,14,15). The Kier molecular flexibility index (Phi) is 3.51. The monoisotopic (exact) mass is 255 g/mol. The van der Waals surface area contributed by atoms with Crippen molar-refractivity contribution in [2.75, 3.05) is 5.32 Å². The van der Waals surface area contributed by atoms with Crippen molar-refractivity contribution >= 4 is 35.2 Å². The smallest absolute Gasteiger partial charge is 0.316 e. The lowest BCUT2D eigenvalue weighted by molar-refractivity contribution is -0.137. The number of hydrogen-bond donors (Lipinski definition) is 2. The van der Waals surface area contributed by atoms with E-state index >= 15 is 0 Å². The molecule has 0 atom stereocenters. The van der Waals surface area contributed by atoms with Crippen LogP contribution >= 0.6 is 24.2 Å². The van der Waals surface area contributed by atoms with Gasteiger partial charge < -0.3 is 5.32 Å².